The van der Waals surface area contributed by atoms with Gasteiger partial charge in [-0.05, 0) is 37.4 Å². The Morgan fingerprint density at radius 2 is 2.04 bits per heavy atom. The number of aryl methyl sites for hydroxylation is 1. The van der Waals surface area contributed by atoms with E-state index in [9.17, 15) is 9.59 Å². The molecule has 0 aliphatic carbocycles. The summed E-state index contributed by atoms with van der Waals surface area (Å²) in [6.45, 7) is 4.18. The number of aromatic nitrogens is 2. The maximum absolute atomic E-state index is 12.5. The predicted octanol–water partition coefficient (Wildman–Crippen LogP) is 4.96. The van der Waals surface area contributed by atoms with Gasteiger partial charge in [0.15, 0.2) is 6.61 Å². The van der Waals surface area contributed by atoms with E-state index in [1.165, 1.54) is 17.1 Å². The molecule has 0 aliphatic rings. The van der Waals surface area contributed by atoms with Gasteiger partial charge in [0, 0.05) is 28.0 Å². The summed E-state index contributed by atoms with van der Waals surface area (Å²) >= 11 is 13.2. The van der Waals surface area contributed by atoms with Crippen LogP contribution < -0.4 is 0 Å². The normalized spacial score (nSPS) is 10.8. The number of hydrogen-bond donors (Lipinski definition) is 0. The molecule has 0 N–H and O–H groups in total. The van der Waals surface area contributed by atoms with E-state index >= 15 is 0 Å². The summed E-state index contributed by atoms with van der Waals surface area (Å²) in [5.41, 5.74) is 2.51. The van der Waals surface area contributed by atoms with Crippen molar-refractivity contribution in [3.05, 3.63) is 73.4 Å². The highest BCUT2D eigenvalue weighted by molar-refractivity contribution is 7.09. The van der Waals surface area contributed by atoms with Gasteiger partial charge in [0.25, 0.3) is 0 Å². The van der Waals surface area contributed by atoms with Crippen LogP contribution in [0, 0.1) is 13.8 Å². The summed E-state index contributed by atoms with van der Waals surface area (Å²) in [6, 6.07) is 7.23. The number of carbonyl (C=O) groups excluding carboxylic acids is 2. The second-order valence-corrected chi connectivity index (χ2v) is 7.74. The Balaban J connectivity index is 1.69. The van der Waals surface area contributed by atoms with Gasteiger partial charge >= 0.3 is 5.97 Å². The standard InChI is InChI=1S/C19H16Cl2N2O3S/c1-11-6-15(12(2)23(11)9-14-4-3-5-27-14)17(24)10-26-19(25)13-7-16(20)18(21)22-8-13/h3-8H,9-10H2,1-2H3. The lowest BCUT2D eigenvalue weighted by atomic mass is 10.1. The number of hydrogen-bond acceptors (Lipinski definition) is 5. The van der Waals surface area contributed by atoms with Crippen molar-refractivity contribution in [2.75, 3.05) is 6.61 Å². The molecule has 0 bridgehead atoms. The highest BCUT2D eigenvalue weighted by Crippen LogP contribution is 2.21. The van der Waals surface area contributed by atoms with Crippen molar-refractivity contribution in [3.63, 3.8) is 0 Å². The van der Waals surface area contributed by atoms with Crippen molar-refractivity contribution >= 4 is 46.3 Å². The monoisotopic (exact) mass is 422 g/mol. The number of rotatable bonds is 6. The van der Waals surface area contributed by atoms with Gasteiger partial charge in [-0.3, -0.25) is 4.79 Å². The van der Waals surface area contributed by atoms with Gasteiger partial charge in [0.1, 0.15) is 5.15 Å². The molecule has 3 rings (SSSR count). The third kappa shape index (κ3) is 4.40. The zero-order valence-electron chi connectivity index (χ0n) is 14.7. The number of pyridine rings is 1. The van der Waals surface area contributed by atoms with Crippen LogP contribution in [0.25, 0.3) is 0 Å². The number of carbonyl (C=O) groups is 2. The molecule has 8 heteroatoms. The zero-order chi connectivity index (χ0) is 19.6. The molecule has 3 aromatic rings. The third-order valence-corrected chi connectivity index (χ3v) is 5.68. The van der Waals surface area contributed by atoms with Crippen LogP contribution in [0.3, 0.4) is 0 Å². The number of Topliss-reactive ketones (excluding diaryl/α,β-unsaturated/α-hetero) is 1. The van der Waals surface area contributed by atoms with Gasteiger partial charge in [0.2, 0.25) is 5.78 Å². The molecule has 3 aromatic heterocycles. The number of ketones is 1. The van der Waals surface area contributed by atoms with Crippen molar-refractivity contribution in [2.45, 2.75) is 20.4 Å². The van der Waals surface area contributed by atoms with E-state index in [2.05, 4.69) is 15.6 Å². The molecule has 0 saturated heterocycles. The van der Waals surface area contributed by atoms with Crippen LogP contribution >= 0.6 is 34.5 Å². The maximum Gasteiger partial charge on any atom is 0.340 e. The highest BCUT2D eigenvalue weighted by atomic mass is 35.5. The molecule has 0 saturated carbocycles. The molecule has 0 spiro atoms. The molecule has 0 fully saturated rings. The average molecular weight is 423 g/mol. The molecule has 0 aliphatic heterocycles. The maximum atomic E-state index is 12.5. The molecule has 140 valence electrons. The van der Waals surface area contributed by atoms with Crippen molar-refractivity contribution in [2.24, 2.45) is 0 Å². The van der Waals surface area contributed by atoms with Crippen LogP contribution in [0.4, 0.5) is 0 Å². The van der Waals surface area contributed by atoms with Crippen molar-refractivity contribution in [1.82, 2.24) is 9.55 Å². The Bertz CT molecular complexity index is 997. The van der Waals surface area contributed by atoms with Gasteiger partial charge in [0.05, 0.1) is 17.1 Å². The second kappa shape index (κ2) is 8.25. The van der Waals surface area contributed by atoms with E-state index in [1.807, 2.05) is 31.4 Å². The first-order valence-electron chi connectivity index (χ1n) is 8.07. The molecule has 5 nitrogen and oxygen atoms in total. The van der Waals surface area contributed by atoms with E-state index in [-0.39, 0.29) is 28.1 Å². The van der Waals surface area contributed by atoms with Crippen molar-refractivity contribution in [3.8, 4) is 0 Å². The van der Waals surface area contributed by atoms with Gasteiger partial charge in [-0.15, -0.1) is 11.3 Å². The van der Waals surface area contributed by atoms with Gasteiger partial charge in [-0.1, -0.05) is 29.3 Å². The highest BCUT2D eigenvalue weighted by Gasteiger charge is 2.18. The van der Waals surface area contributed by atoms with Crippen LogP contribution in [0.1, 0.15) is 37.0 Å². The van der Waals surface area contributed by atoms with Crippen LogP contribution in [0.5, 0.6) is 0 Å². The van der Waals surface area contributed by atoms with Gasteiger partial charge in [-0.2, -0.15) is 0 Å². The van der Waals surface area contributed by atoms with E-state index in [0.29, 0.717) is 12.1 Å². The Hall–Kier alpha value is -2.15. The quantitative estimate of drug-likeness (QED) is 0.320. The number of halogens is 2. The van der Waals surface area contributed by atoms with E-state index in [0.717, 1.165) is 11.4 Å². The fourth-order valence-corrected chi connectivity index (χ4v) is 3.67. The largest absolute Gasteiger partial charge is 0.454 e. The molecule has 0 atom stereocenters. The van der Waals surface area contributed by atoms with E-state index in [4.69, 9.17) is 27.9 Å². The fraction of sp³-hybridized carbons (Fsp3) is 0.211. The van der Waals surface area contributed by atoms with E-state index in [1.54, 1.807) is 11.3 Å². The van der Waals surface area contributed by atoms with Gasteiger partial charge in [-0.25, -0.2) is 9.78 Å². The Morgan fingerprint density at radius 1 is 1.26 bits per heavy atom. The molecular weight excluding hydrogens is 407 g/mol. The summed E-state index contributed by atoms with van der Waals surface area (Å²) in [4.78, 5) is 29.6. The molecular formula is C19H16Cl2N2O3S. The number of ether oxygens (including phenoxy) is 1. The lowest BCUT2D eigenvalue weighted by Gasteiger charge is -2.08. The fourth-order valence-electron chi connectivity index (χ4n) is 2.71. The first-order valence-corrected chi connectivity index (χ1v) is 9.71. The number of thiophene rings is 1. The molecule has 0 aromatic carbocycles. The van der Waals surface area contributed by atoms with Crippen LogP contribution in [-0.2, 0) is 11.3 Å². The summed E-state index contributed by atoms with van der Waals surface area (Å²) in [5.74, 6) is -0.941. The topological polar surface area (TPSA) is 61.2 Å². The molecule has 27 heavy (non-hydrogen) atoms. The van der Waals surface area contributed by atoms with Crippen molar-refractivity contribution in [1.29, 1.82) is 0 Å². The zero-order valence-corrected chi connectivity index (χ0v) is 17.0. The second-order valence-electron chi connectivity index (χ2n) is 5.95. The minimum Gasteiger partial charge on any atom is -0.454 e. The summed E-state index contributed by atoms with van der Waals surface area (Å²) in [7, 11) is 0. The van der Waals surface area contributed by atoms with Crippen molar-refractivity contribution < 1.29 is 14.3 Å². The number of esters is 1. The summed E-state index contributed by atoms with van der Waals surface area (Å²) in [5, 5.41) is 2.27. The van der Waals surface area contributed by atoms with Crippen LogP contribution in [0.15, 0.2) is 35.8 Å². The smallest absolute Gasteiger partial charge is 0.340 e. The predicted molar refractivity (Wildman–Crippen MR) is 106 cm³/mol. The summed E-state index contributed by atoms with van der Waals surface area (Å²) in [6.07, 6.45) is 1.26. The minimum atomic E-state index is -0.679. The number of nitrogens with zero attached hydrogens (tertiary/aromatic N) is 2. The van der Waals surface area contributed by atoms with Gasteiger partial charge < -0.3 is 9.30 Å². The Kier molecular flexibility index (Phi) is 5.99. The minimum absolute atomic E-state index is 0.0995. The Morgan fingerprint density at radius 3 is 2.70 bits per heavy atom. The van der Waals surface area contributed by atoms with Crippen LogP contribution in [0.2, 0.25) is 10.2 Å². The third-order valence-electron chi connectivity index (χ3n) is 4.13. The first-order chi connectivity index (χ1) is 12.9. The Labute approximate surface area is 170 Å². The SMILES string of the molecule is Cc1cc(C(=O)COC(=O)c2cnc(Cl)c(Cl)c2)c(C)n1Cc1cccs1. The van der Waals surface area contributed by atoms with Crippen LogP contribution in [-0.4, -0.2) is 27.9 Å². The lowest BCUT2D eigenvalue weighted by molar-refractivity contribution is 0.0474. The molecule has 0 radical (unpaired) electrons. The van der Waals surface area contributed by atoms with E-state index < -0.39 is 5.97 Å². The first kappa shape index (κ1) is 19.6. The summed E-state index contributed by atoms with van der Waals surface area (Å²) < 4.78 is 7.18. The molecule has 0 unspecified atom stereocenters. The molecule has 3 heterocycles. The average Bonchev–Trinajstić information content (AvgIpc) is 3.25. The lowest BCUT2D eigenvalue weighted by Crippen LogP contribution is -2.15. The molecule has 0 amide bonds.